The minimum atomic E-state index is -0.444. The lowest BCUT2D eigenvalue weighted by Gasteiger charge is -2.23. The maximum absolute atomic E-state index is 11.8. The number of anilines is 3. The van der Waals surface area contributed by atoms with Crippen molar-refractivity contribution >= 4 is 23.0 Å². The number of benzene rings is 2. The fraction of sp³-hybridized carbons (Fsp3) is 0.273. The third-order valence-corrected chi connectivity index (χ3v) is 5.05. The maximum Gasteiger partial charge on any atom is 0.353 e. The standard InChI is InChI=1S/C22H23N5O3/c28-27(29)20-21(25-16-7-3-1-4-8-16)23-15-24-22(20)26-17-11-13-19(14-12-17)30-18-9-5-2-6-10-18/h2,5-6,9-16H,1,3-4,7-8H2,(H2,23,24,25,26). The van der Waals surface area contributed by atoms with Crippen LogP contribution in [-0.4, -0.2) is 20.9 Å². The Labute approximate surface area is 174 Å². The summed E-state index contributed by atoms with van der Waals surface area (Å²) in [5, 5.41) is 18.0. The van der Waals surface area contributed by atoms with Crippen molar-refractivity contribution in [2.45, 2.75) is 38.1 Å². The highest BCUT2D eigenvalue weighted by atomic mass is 16.6. The summed E-state index contributed by atoms with van der Waals surface area (Å²) < 4.78 is 5.78. The summed E-state index contributed by atoms with van der Waals surface area (Å²) in [5.41, 5.74) is 0.522. The molecular formula is C22H23N5O3. The molecule has 0 atom stereocenters. The molecule has 0 bridgehead atoms. The average molecular weight is 405 g/mol. The molecule has 1 aromatic heterocycles. The monoisotopic (exact) mass is 405 g/mol. The highest BCUT2D eigenvalue weighted by Crippen LogP contribution is 2.33. The fourth-order valence-electron chi connectivity index (χ4n) is 3.56. The Morgan fingerprint density at radius 3 is 2.27 bits per heavy atom. The highest BCUT2D eigenvalue weighted by molar-refractivity contribution is 5.74. The maximum atomic E-state index is 11.8. The molecule has 4 rings (SSSR count). The van der Waals surface area contributed by atoms with E-state index in [0.717, 1.165) is 31.4 Å². The quantitative estimate of drug-likeness (QED) is 0.386. The average Bonchev–Trinajstić information content (AvgIpc) is 2.76. The van der Waals surface area contributed by atoms with Crippen LogP contribution in [0, 0.1) is 10.1 Å². The van der Waals surface area contributed by atoms with Gasteiger partial charge in [-0.05, 0) is 49.2 Å². The number of ether oxygens (including phenoxy) is 1. The van der Waals surface area contributed by atoms with Crippen molar-refractivity contribution in [2.75, 3.05) is 10.6 Å². The third kappa shape index (κ3) is 4.83. The molecule has 0 aliphatic heterocycles. The summed E-state index contributed by atoms with van der Waals surface area (Å²) >= 11 is 0. The van der Waals surface area contributed by atoms with Gasteiger partial charge < -0.3 is 15.4 Å². The van der Waals surface area contributed by atoms with Crippen LogP contribution in [0.25, 0.3) is 0 Å². The molecule has 2 aromatic carbocycles. The van der Waals surface area contributed by atoms with Gasteiger partial charge in [-0.25, -0.2) is 9.97 Å². The Morgan fingerprint density at radius 2 is 1.57 bits per heavy atom. The summed E-state index contributed by atoms with van der Waals surface area (Å²) in [6.45, 7) is 0. The van der Waals surface area contributed by atoms with E-state index in [2.05, 4.69) is 20.6 Å². The highest BCUT2D eigenvalue weighted by Gasteiger charge is 2.25. The second-order valence-corrected chi connectivity index (χ2v) is 7.22. The van der Waals surface area contributed by atoms with Crippen LogP contribution in [0.3, 0.4) is 0 Å². The van der Waals surface area contributed by atoms with E-state index in [1.807, 2.05) is 30.3 Å². The zero-order valence-electron chi connectivity index (χ0n) is 16.5. The van der Waals surface area contributed by atoms with Gasteiger partial charge in [0.2, 0.25) is 11.6 Å². The van der Waals surface area contributed by atoms with Gasteiger partial charge in [0, 0.05) is 11.7 Å². The van der Waals surface area contributed by atoms with Gasteiger partial charge in [-0.2, -0.15) is 0 Å². The van der Waals surface area contributed by atoms with Crippen LogP contribution >= 0.6 is 0 Å². The van der Waals surface area contributed by atoms with Gasteiger partial charge in [-0.3, -0.25) is 10.1 Å². The molecule has 1 fully saturated rings. The molecule has 1 heterocycles. The van der Waals surface area contributed by atoms with Gasteiger partial charge in [-0.1, -0.05) is 37.5 Å². The summed E-state index contributed by atoms with van der Waals surface area (Å²) in [5.74, 6) is 1.82. The molecule has 154 valence electrons. The van der Waals surface area contributed by atoms with Gasteiger partial charge in [0.05, 0.1) is 4.92 Å². The lowest BCUT2D eigenvalue weighted by molar-refractivity contribution is -0.383. The van der Waals surface area contributed by atoms with Gasteiger partial charge in [0.15, 0.2) is 0 Å². The molecule has 0 saturated heterocycles. The third-order valence-electron chi connectivity index (χ3n) is 5.05. The van der Waals surface area contributed by atoms with Gasteiger partial charge in [0.25, 0.3) is 0 Å². The lowest BCUT2D eigenvalue weighted by atomic mass is 9.95. The molecule has 30 heavy (non-hydrogen) atoms. The van der Waals surface area contributed by atoms with Crippen molar-refractivity contribution in [1.29, 1.82) is 0 Å². The minimum absolute atomic E-state index is 0.146. The number of hydrogen-bond acceptors (Lipinski definition) is 7. The largest absolute Gasteiger partial charge is 0.457 e. The van der Waals surface area contributed by atoms with E-state index in [1.165, 1.54) is 12.7 Å². The van der Waals surface area contributed by atoms with Crippen LogP contribution in [0.15, 0.2) is 60.9 Å². The van der Waals surface area contributed by atoms with Crippen molar-refractivity contribution < 1.29 is 9.66 Å². The molecule has 0 radical (unpaired) electrons. The smallest absolute Gasteiger partial charge is 0.353 e. The number of hydrogen-bond donors (Lipinski definition) is 2. The SMILES string of the molecule is O=[N+]([O-])c1c(Nc2ccc(Oc3ccccc3)cc2)ncnc1NC1CCCCC1. The predicted molar refractivity (Wildman–Crippen MR) is 115 cm³/mol. The first-order chi connectivity index (χ1) is 14.7. The Morgan fingerprint density at radius 1 is 0.900 bits per heavy atom. The topological polar surface area (TPSA) is 102 Å². The van der Waals surface area contributed by atoms with E-state index in [0.29, 0.717) is 11.4 Å². The Balaban J connectivity index is 1.50. The first-order valence-electron chi connectivity index (χ1n) is 10.0. The van der Waals surface area contributed by atoms with Crippen molar-refractivity contribution in [3.8, 4) is 11.5 Å². The van der Waals surface area contributed by atoms with Crippen LogP contribution in [0.2, 0.25) is 0 Å². The number of nitrogens with zero attached hydrogens (tertiary/aromatic N) is 3. The Hall–Kier alpha value is -3.68. The molecule has 1 aliphatic rings. The summed E-state index contributed by atoms with van der Waals surface area (Å²) in [4.78, 5) is 19.6. The molecule has 3 aromatic rings. The first-order valence-corrected chi connectivity index (χ1v) is 10.0. The van der Waals surface area contributed by atoms with Crippen molar-refractivity contribution in [3.63, 3.8) is 0 Å². The van der Waals surface area contributed by atoms with Crippen LogP contribution in [0.1, 0.15) is 32.1 Å². The van der Waals surface area contributed by atoms with E-state index in [9.17, 15) is 10.1 Å². The minimum Gasteiger partial charge on any atom is -0.457 e. The van der Waals surface area contributed by atoms with Crippen LogP contribution < -0.4 is 15.4 Å². The normalized spacial score (nSPS) is 14.1. The van der Waals surface area contributed by atoms with E-state index in [4.69, 9.17) is 4.74 Å². The van der Waals surface area contributed by atoms with Crippen LogP contribution in [-0.2, 0) is 0 Å². The van der Waals surface area contributed by atoms with E-state index in [1.54, 1.807) is 24.3 Å². The lowest BCUT2D eigenvalue weighted by Crippen LogP contribution is -2.23. The molecule has 0 unspecified atom stereocenters. The molecule has 0 amide bonds. The van der Waals surface area contributed by atoms with E-state index >= 15 is 0 Å². The first kappa shape index (κ1) is 19.6. The predicted octanol–water partition coefficient (Wildman–Crippen LogP) is 5.67. The number of para-hydroxylation sites is 1. The molecule has 1 aliphatic carbocycles. The Bertz CT molecular complexity index is 989. The molecular weight excluding hydrogens is 382 g/mol. The summed E-state index contributed by atoms with van der Waals surface area (Å²) in [6.07, 6.45) is 6.78. The molecule has 8 nitrogen and oxygen atoms in total. The summed E-state index contributed by atoms with van der Waals surface area (Å²) in [7, 11) is 0. The zero-order chi connectivity index (χ0) is 20.8. The van der Waals surface area contributed by atoms with Crippen molar-refractivity contribution in [1.82, 2.24) is 9.97 Å². The number of nitrogens with one attached hydrogen (secondary N) is 2. The Kier molecular flexibility index (Phi) is 6.03. The fourth-order valence-corrected chi connectivity index (χ4v) is 3.56. The molecule has 0 spiro atoms. The van der Waals surface area contributed by atoms with Crippen LogP contribution in [0.5, 0.6) is 11.5 Å². The number of rotatable bonds is 7. The van der Waals surface area contributed by atoms with Crippen molar-refractivity contribution in [2.24, 2.45) is 0 Å². The zero-order valence-corrected chi connectivity index (χ0v) is 16.5. The van der Waals surface area contributed by atoms with Gasteiger partial charge >= 0.3 is 5.69 Å². The van der Waals surface area contributed by atoms with Gasteiger partial charge in [-0.15, -0.1) is 0 Å². The second-order valence-electron chi connectivity index (χ2n) is 7.22. The molecule has 1 saturated carbocycles. The molecule has 8 heteroatoms. The summed E-state index contributed by atoms with van der Waals surface area (Å²) in [6, 6.07) is 16.8. The van der Waals surface area contributed by atoms with Gasteiger partial charge in [0.1, 0.15) is 17.8 Å². The van der Waals surface area contributed by atoms with Crippen LogP contribution in [0.4, 0.5) is 23.0 Å². The second kappa shape index (κ2) is 9.21. The van der Waals surface area contributed by atoms with Crippen molar-refractivity contribution in [3.05, 3.63) is 71.0 Å². The number of aromatic nitrogens is 2. The number of nitro groups is 1. The molecule has 2 N–H and O–H groups in total. The van der Waals surface area contributed by atoms with E-state index in [-0.39, 0.29) is 23.4 Å². The van der Waals surface area contributed by atoms with E-state index < -0.39 is 4.92 Å².